The van der Waals surface area contributed by atoms with E-state index in [9.17, 15) is 4.79 Å². The molecular weight excluding hydrogens is 298 g/mol. The standard InChI is InChI=1S/C15H15N5OS/c1-8-2-4-11-13(6-8)22-15(16-11)17-14(21)9-3-5-10-12(7-9)19-20-18-10/h3,5,7-8H,2,4,6H2,1H3,(H,16,17,21)(H,18,19,20). The summed E-state index contributed by atoms with van der Waals surface area (Å²) in [5, 5.41) is 14.1. The highest BCUT2D eigenvalue weighted by Crippen LogP contribution is 2.32. The number of hydrogen-bond acceptors (Lipinski definition) is 5. The van der Waals surface area contributed by atoms with Crippen LogP contribution in [0.3, 0.4) is 0 Å². The second-order valence-corrected chi connectivity index (χ2v) is 6.80. The van der Waals surface area contributed by atoms with Gasteiger partial charge in [0.05, 0.1) is 5.69 Å². The van der Waals surface area contributed by atoms with Crippen LogP contribution >= 0.6 is 11.3 Å². The molecule has 22 heavy (non-hydrogen) atoms. The molecule has 7 heteroatoms. The van der Waals surface area contributed by atoms with Gasteiger partial charge in [0.2, 0.25) is 0 Å². The van der Waals surface area contributed by atoms with Gasteiger partial charge in [-0.3, -0.25) is 10.1 Å². The van der Waals surface area contributed by atoms with Crippen LogP contribution in [-0.4, -0.2) is 26.3 Å². The van der Waals surface area contributed by atoms with Gasteiger partial charge in [0.25, 0.3) is 5.91 Å². The second kappa shape index (κ2) is 5.17. The zero-order valence-corrected chi connectivity index (χ0v) is 12.9. The molecule has 3 aromatic rings. The zero-order chi connectivity index (χ0) is 15.1. The van der Waals surface area contributed by atoms with Crippen molar-refractivity contribution < 1.29 is 4.79 Å². The highest BCUT2D eigenvalue weighted by atomic mass is 32.1. The van der Waals surface area contributed by atoms with E-state index >= 15 is 0 Å². The number of thiazole rings is 1. The first-order valence-electron chi connectivity index (χ1n) is 7.29. The SMILES string of the molecule is CC1CCc2nc(NC(=O)c3ccc4n[nH]nc4c3)sc2C1. The molecule has 0 spiro atoms. The predicted molar refractivity (Wildman–Crippen MR) is 85.1 cm³/mol. The van der Waals surface area contributed by atoms with Crippen LogP contribution in [0.25, 0.3) is 11.0 Å². The van der Waals surface area contributed by atoms with E-state index in [-0.39, 0.29) is 5.91 Å². The van der Waals surface area contributed by atoms with Crippen molar-refractivity contribution in [1.29, 1.82) is 0 Å². The minimum absolute atomic E-state index is 0.163. The number of H-pyrrole nitrogens is 1. The molecule has 0 bridgehead atoms. The van der Waals surface area contributed by atoms with E-state index in [1.807, 2.05) is 0 Å². The van der Waals surface area contributed by atoms with E-state index in [1.54, 1.807) is 29.5 Å². The van der Waals surface area contributed by atoms with Gasteiger partial charge in [-0.05, 0) is 43.4 Å². The number of aromatic nitrogens is 4. The number of aromatic amines is 1. The van der Waals surface area contributed by atoms with Crippen LogP contribution in [0.5, 0.6) is 0 Å². The number of fused-ring (bicyclic) bond motifs is 2. The summed E-state index contributed by atoms with van der Waals surface area (Å²) in [6, 6.07) is 5.25. The van der Waals surface area contributed by atoms with Gasteiger partial charge in [-0.25, -0.2) is 4.98 Å². The third-order valence-electron chi connectivity index (χ3n) is 3.99. The first-order chi connectivity index (χ1) is 10.7. The molecule has 1 aliphatic carbocycles. The number of aryl methyl sites for hydroxylation is 1. The van der Waals surface area contributed by atoms with Crippen molar-refractivity contribution in [3.8, 4) is 0 Å². The number of carbonyl (C=O) groups excluding carboxylic acids is 1. The van der Waals surface area contributed by atoms with Crippen molar-refractivity contribution >= 4 is 33.4 Å². The van der Waals surface area contributed by atoms with Gasteiger partial charge < -0.3 is 0 Å². The number of hydrogen-bond donors (Lipinski definition) is 2. The molecule has 112 valence electrons. The van der Waals surface area contributed by atoms with Crippen LogP contribution in [-0.2, 0) is 12.8 Å². The summed E-state index contributed by atoms with van der Waals surface area (Å²) >= 11 is 1.59. The van der Waals surface area contributed by atoms with Crippen LogP contribution in [0.15, 0.2) is 18.2 Å². The van der Waals surface area contributed by atoms with Crippen molar-refractivity contribution in [2.24, 2.45) is 5.92 Å². The lowest BCUT2D eigenvalue weighted by molar-refractivity contribution is 0.102. The monoisotopic (exact) mass is 313 g/mol. The summed E-state index contributed by atoms with van der Waals surface area (Å²) in [6.45, 7) is 2.26. The molecule has 0 aliphatic heterocycles. The van der Waals surface area contributed by atoms with Gasteiger partial charge in [-0.1, -0.05) is 6.92 Å². The maximum absolute atomic E-state index is 12.4. The van der Waals surface area contributed by atoms with Gasteiger partial charge in [-0.15, -0.1) is 11.3 Å². The quantitative estimate of drug-likeness (QED) is 0.762. The topological polar surface area (TPSA) is 83.6 Å². The summed E-state index contributed by atoms with van der Waals surface area (Å²) in [5.41, 5.74) is 3.13. The van der Waals surface area contributed by atoms with Crippen molar-refractivity contribution in [3.63, 3.8) is 0 Å². The molecule has 2 heterocycles. The number of rotatable bonds is 2. The number of nitrogens with one attached hydrogen (secondary N) is 2. The van der Waals surface area contributed by atoms with Gasteiger partial charge in [0.1, 0.15) is 11.0 Å². The normalized spacial score (nSPS) is 17.4. The maximum Gasteiger partial charge on any atom is 0.257 e. The maximum atomic E-state index is 12.4. The number of amides is 1. The van der Waals surface area contributed by atoms with E-state index in [0.717, 1.165) is 24.1 Å². The number of carbonyl (C=O) groups is 1. The Balaban J connectivity index is 1.56. The smallest absolute Gasteiger partial charge is 0.257 e. The molecule has 2 N–H and O–H groups in total. The number of nitrogens with zero attached hydrogens (tertiary/aromatic N) is 3. The first kappa shape index (κ1) is 13.4. The van der Waals surface area contributed by atoms with E-state index in [4.69, 9.17) is 0 Å². The molecule has 6 nitrogen and oxygen atoms in total. The number of benzene rings is 1. The fourth-order valence-electron chi connectivity index (χ4n) is 2.74. The van der Waals surface area contributed by atoms with Crippen molar-refractivity contribution in [3.05, 3.63) is 34.3 Å². The molecule has 0 saturated heterocycles. The van der Waals surface area contributed by atoms with Gasteiger partial charge >= 0.3 is 0 Å². The summed E-state index contributed by atoms with van der Waals surface area (Å²) in [7, 11) is 0. The average Bonchev–Trinajstić information content (AvgIpc) is 3.11. The Kier molecular flexibility index (Phi) is 3.15. The molecule has 0 saturated carbocycles. The predicted octanol–water partition coefficient (Wildman–Crippen LogP) is 2.79. The summed E-state index contributed by atoms with van der Waals surface area (Å²) in [5.74, 6) is 0.537. The molecule has 1 aromatic carbocycles. The highest BCUT2D eigenvalue weighted by molar-refractivity contribution is 7.15. The first-order valence-corrected chi connectivity index (χ1v) is 8.11. The Morgan fingerprint density at radius 3 is 3.14 bits per heavy atom. The average molecular weight is 313 g/mol. The second-order valence-electron chi connectivity index (χ2n) is 5.72. The van der Waals surface area contributed by atoms with E-state index < -0.39 is 0 Å². The summed E-state index contributed by atoms with van der Waals surface area (Å²) in [6.07, 6.45) is 3.24. The van der Waals surface area contributed by atoms with E-state index in [2.05, 4.69) is 32.6 Å². The van der Waals surface area contributed by atoms with Crippen LogP contribution in [0.4, 0.5) is 5.13 Å². The molecule has 2 aromatic heterocycles. The molecule has 1 atom stereocenters. The lowest BCUT2D eigenvalue weighted by Crippen LogP contribution is -2.12. The van der Waals surface area contributed by atoms with Crippen molar-refractivity contribution in [2.75, 3.05) is 5.32 Å². The Morgan fingerprint density at radius 1 is 1.36 bits per heavy atom. The molecule has 1 amide bonds. The molecule has 0 radical (unpaired) electrons. The molecular formula is C15H15N5OS. The summed E-state index contributed by atoms with van der Waals surface area (Å²) in [4.78, 5) is 18.2. The van der Waals surface area contributed by atoms with Crippen LogP contribution in [0.2, 0.25) is 0 Å². The fourth-order valence-corrected chi connectivity index (χ4v) is 3.91. The van der Waals surface area contributed by atoms with Crippen LogP contribution in [0, 0.1) is 5.92 Å². The van der Waals surface area contributed by atoms with Crippen LogP contribution < -0.4 is 5.32 Å². The Bertz CT molecular complexity index is 853. The number of anilines is 1. The van der Waals surface area contributed by atoms with Gasteiger partial charge in [-0.2, -0.15) is 15.4 Å². The van der Waals surface area contributed by atoms with Gasteiger partial charge in [0.15, 0.2) is 5.13 Å². The van der Waals surface area contributed by atoms with Crippen LogP contribution in [0.1, 0.15) is 34.3 Å². The molecule has 4 rings (SSSR count). The molecule has 1 unspecified atom stereocenters. The summed E-state index contributed by atoms with van der Waals surface area (Å²) < 4.78 is 0. The minimum atomic E-state index is -0.163. The third kappa shape index (κ3) is 2.37. The van der Waals surface area contributed by atoms with E-state index in [0.29, 0.717) is 22.1 Å². The van der Waals surface area contributed by atoms with E-state index in [1.165, 1.54) is 11.3 Å². The molecule has 0 fully saturated rings. The minimum Gasteiger partial charge on any atom is -0.298 e. The van der Waals surface area contributed by atoms with Crippen molar-refractivity contribution in [2.45, 2.75) is 26.2 Å². The Labute approximate surface area is 131 Å². The third-order valence-corrected chi connectivity index (χ3v) is 5.02. The molecule has 1 aliphatic rings. The lowest BCUT2D eigenvalue weighted by atomic mass is 9.93. The lowest BCUT2D eigenvalue weighted by Gasteiger charge is -2.15. The Hall–Kier alpha value is -2.28. The van der Waals surface area contributed by atoms with Crippen molar-refractivity contribution in [1.82, 2.24) is 20.4 Å². The zero-order valence-electron chi connectivity index (χ0n) is 12.1. The fraction of sp³-hybridized carbons (Fsp3) is 0.333. The van der Waals surface area contributed by atoms with Gasteiger partial charge in [0, 0.05) is 10.4 Å². The largest absolute Gasteiger partial charge is 0.298 e. The Morgan fingerprint density at radius 2 is 2.23 bits per heavy atom. The highest BCUT2D eigenvalue weighted by Gasteiger charge is 2.20.